The zero-order chi connectivity index (χ0) is 15.0. The van der Waals surface area contributed by atoms with Gasteiger partial charge in [0.2, 0.25) is 0 Å². The van der Waals surface area contributed by atoms with Crippen molar-refractivity contribution in [2.45, 2.75) is 26.9 Å². The van der Waals surface area contributed by atoms with Crippen LogP contribution in [0.15, 0.2) is 18.2 Å². The molecule has 0 aliphatic heterocycles. The second kappa shape index (κ2) is 8.82. The lowest BCUT2D eigenvalue weighted by Crippen LogP contribution is -2.36. The minimum atomic E-state index is -0.0321. The molecule has 0 aliphatic carbocycles. The Kier molecular flexibility index (Phi) is 7.41. The molecule has 4 nitrogen and oxygen atoms in total. The van der Waals surface area contributed by atoms with Crippen LogP contribution < -0.4 is 14.8 Å². The minimum absolute atomic E-state index is 0.0321. The van der Waals surface area contributed by atoms with Gasteiger partial charge in [0.25, 0.3) is 0 Å². The van der Waals surface area contributed by atoms with Gasteiger partial charge >= 0.3 is 0 Å². The Morgan fingerprint density at radius 3 is 2.45 bits per heavy atom. The van der Waals surface area contributed by atoms with Gasteiger partial charge in [-0.05, 0) is 37.1 Å². The first-order chi connectivity index (χ1) is 9.56. The Morgan fingerprint density at radius 2 is 1.85 bits per heavy atom. The quantitative estimate of drug-likeness (QED) is 0.755. The maximum Gasteiger partial charge on any atom is 0.161 e. The van der Waals surface area contributed by atoms with E-state index in [2.05, 4.69) is 19.2 Å². The summed E-state index contributed by atoms with van der Waals surface area (Å²) in [4.78, 5) is 0. The second-order valence-electron chi connectivity index (χ2n) is 5.40. The lowest BCUT2D eigenvalue weighted by molar-refractivity contribution is 0.0782. The largest absolute Gasteiger partial charge is 0.493 e. The summed E-state index contributed by atoms with van der Waals surface area (Å²) in [6.45, 7) is 8.66. The van der Waals surface area contributed by atoms with Crippen LogP contribution in [0.5, 0.6) is 11.5 Å². The molecule has 0 bridgehead atoms. The standard InChI is InChI=1S/C16H27NO3/c1-12(2)9-17-10-14(11-18-4)20-15-7-6-13(3)8-16(15)19-5/h6-8,12,14,17H,9-11H2,1-5H3. The SMILES string of the molecule is COCC(CNCC(C)C)Oc1ccc(C)cc1OC. The maximum absolute atomic E-state index is 6.00. The minimum Gasteiger partial charge on any atom is -0.493 e. The number of ether oxygens (including phenoxy) is 3. The van der Waals surface area contributed by atoms with Gasteiger partial charge in [-0.25, -0.2) is 0 Å². The van der Waals surface area contributed by atoms with E-state index in [0.717, 1.165) is 30.2 Å². The fourth-order valence-electron chi connectivity index (χ4n) is 1.91. The van der Waals surface area contributed by atoms with Crippen molar-refractivity contribution in [3.63, 3.8) is 0 Å². The van der Waals surface area contributed by atoms with E-state index in [-0.39, 0.29) is 6.10 Å². The third-order valence-electron chi connectivity index (χ3n) is 2.89. The van der Waals surface area contributed by atoms with Crippen molar-refractivity contribution in [3.8, 4) is 11.5 Å². The smallest absolute Gasteiger partial charge is 0.161 e. The van der Waals surface area contributed by atoms with Crippen LogP contribution in [0.3, 0.4) is 0 Å². The van der Waals surface area contributed by atoms with E-state index in [1.165, 1.54) is 0 Å². The molecule has 1 rings (SSSR count). The molecule has 1 atom stereocenters. The highest BCUT2D eigenvalue weighted by molar-refractivity contribution is 5.42. The topological polar surface area (TPSA) is 39.7 Å². The number of benzene rings is 1. The van der Waals surface area contributed by atoms with Crippen LogP contribution in [0.2, 0.25) is 0 Å². The summed E-state index contributed by atoms with van der Waals surface area (Å²) in [6, 6.07) is 5.93. The van der Waals surface area contributed by atoms with Gasteiger partial charge in [-0.2, -0.15) is 0 Å². The van der Waals surface area contributed by atoms with Gasteiger partial charge in [-0.3, -0.25) is 0 Å². The lowest BCUT2D eigenvalue weighted by Gasteiger charge is -2.21. The van der Waals surface area contributed by atoms with Gasteiger partial charge in [0.15, 0.2) is 11.5 Å². The first kappa shape index (κ1) is 16.8. The summed E-state index contributed by atoms with van der Waals surface area (Å²) < 4.78 is 16.6. The molecule has 0 amide bonds. The third-order valence-corrected chi connectivity index (χ3v) is 2.89. The highest BCUT2D eigenvalue weighted by atomic mass is 16.5. The monoisotopic (exact) mass is 281 g/mol. The number of hydrogen-bond acceptors (Lipinski definition) is 4. The number of hydrogen-bond donors (Lipinski definition) is 1. The third kappa shape index (κ3) is 5.80. The van der Waals surface area contributed by atoms with Crippen LogP contribution in [0.4, 0.5) is 0 Å². The van der Waals surface area contributed by atoms with Crippen molar-refractivity contribution >= 4 is 0 Å². The molecule has 0 fully saturated rings. The predicted octanol–water partition coefficient (Wildman–Crippen LogP) is 2.64. The van der Waals surface area contributed by atoms with E-state index >= 15 is 0 Å². The van der Waals surface area contributed by atoms with E-state index in [0.29, 0.717) is 12.5 Å². The average Bonchev–Trinajstić information content (AvgIpc) is 2.40. The van der Waals surface area contributed by atoms with Gasteiger partial charge in [0.05, 0.1) is 13.7 Å². The van der Waals surface area contributed by atoms with E-state index in [4.69, 9.17) is 14.2 Å². The van der Waals surface area contributed by atoms with Crippen molar-refractivity contribution in [2.24, 2.45) is 5.92 Å². The molecule has 1 aromatic carbocycles. The van der Waals surface area contributed by atoms with Gasteiger partial charge in [0.1, 0.15) is 6.10 Å². The molecule has 114 valence electrons. The summed E-state index contributed by atoms with van der Waals surface area (Å²) in [5.41, 5.74) is 1.15. The highest BCUT2D eigenvalue weighted by Gasteiger charge is 2.13. The van der Waals surface area contributed by atoms with Crippen molar-refractivity contribution < 1.29 is 14.2 Å². The maximum atomic E-state index is 6.00. The zero-order valence-corrected chi connectivity index (χ0v) is 13.2. The van der Waals surface area contributed by atoms with Crippen molar-refractivity contribution in [1.29, 1.82) is 0 Å². The summed E-state index contributed by atoms with van der Waals surface area (Å²) in [7, 11) is 3.34. The Morgan fingerprint density at radius 1 is 1.10 bits per heavy atom. The molecule has 0 aliphatic rings. The number of nitrogens with one attached hydrogen (secondary N) is 1. The van der Waals surface area contributed by atoms with Crippen LogP contribution >= 0.6 is 0 Å². The molecule has 1 unspecified atom stereocenters. The van der Waals surface area contributed by atoms with E-state index in [1.54, 1.807) is 14.2 Å². The first-order valence-electron chi connectivity index (χ1n) is 7.07. The van der Waals surface area contributed by atoms with E-state index in [1.807, 2.05) is 25.1 Å². The molecular weight excluding hydrogens is 254 g/mol. The first-order valence-corrected chi connectivity index (χ1v) is 7.07. The predicted molar refractivity (Wildman–Crippen MR) is 81.7 cm³/mol. The number of methoxy groups -OCH3 is 2. The Bertz CT molecular complexity index is 393. The van der Waals surface area contributed by atoms with Crippen molar-refractivity contribution in [1.82, 2.24) is 5.32 Å². The van der Waals surface area contributed by atoms with Crippen LogP contribution in [0.25, 0.3) is 0 Å². The van der Waals surface area contributed by atoms with Gasteiger partial charge in [0, 0.05) is 13.7 Å². The van der Waals surface area contributed by atoms with Crippen LogP contribution in [-0.4, -0.2) is 40.0 Å². The fraction of sp³-hybridized carbons (Fsp3) is 0.625. The van der Waals surface area contributed by atoms with Crippen LogP contribution in [0, 0.1) is 12.8 Å². The van der Waals surface area contributed by atoms with Crippen LogP contribution in [-0.2, 0) is 4.74 Å². The molecule has 0 saturated carbocycles. The molecule has 0 aromatic heterocycles. The van der Waals surface area contributed by atoms with Gasteiger partial charge < -0.3 is 19.5 Å². The lowest BCUT2D eigenvalue weighted by atomic mass is 10.2. The molecule has 0 heterocycles. The molecule has 20 heavy (non-hydrogen) atoms. The molecule has 0 radical (unpaired) electrons. The van der Waals surface area contributed by atoms with Crippen LogP contribution in [0.1, 0.15) is 19.4 Å². The Hall–Kier alpha value is -1.26. The number of aryl methyl sites for hydroxylation is 1. The molecular formula is C16H27NO3. The molecule has 0 saturated heterocycles. The average molecular weight is 281 g/mol. The molecule has 0 spiro atoms. The number of rotatable bonds is 9. The van der Waals surface area contributed by atoms with Crippen molar-refractivity contribution in [3.05, 3.63) is 23.8 Å². The summed E-state index contributed by atoms with van der Waals surface area (Å²) in [6.07, 6.45) is -0.0321. The second-order valence-corrected chi connectivity index (χ2v) is 5.40. The molecule has 1 aromatic rings. The highest BCUT2D eigenvalue weighted by Crippen LogP contribution is 2.28. The normalized spacial score (nSPS) is 12.5. The summed E-state index contributed by atoms with van der Waals surface area (Å²) >= 11 is 0. The Labute approximate surface area is 122 Å². The van der Waals surface area contributed by atoms with Crippen molar-refractivity contribution in [2.75, 3.05) is 33.9 Å². The van der Waals surface area contributed by atoms with Gasteiger partial charge in [-0.15, -0.1) is 0 Å². The summed E-state index contributed by atoms with van der Waals surface area (Å²) in [5.74, 6) is 2.13. The summed E-state index contributed by atoms with van der Waals surface area (Å²) in [5, 5.41) is 3.39. The molecule has 4 heteroatoms. The van der Waals surface area contributed by atoms with Gasteiger partial charge in [-0.1, -0.05) is 19.9 Å². The molecule has 1 N–H and O–H groups in total. The zero-order valence-electron chi connectivity index (χ0n) is 13.2. The Balaban J connectivity index is 2.64. The van der Waals surface area contributed by atoms with E-state index < -0.39 is 0 Å². The van der Waals surface area contributed by atoms with E-state index in [9.17, 15) is 0 Å². The fourth-order valence-corrected chi connectivity index (χ4v) is 1.91.